The number of benzene rings is 1. The summed E-state index contributed by atoms with van der Waals surface area (Å²) in [7, 11) is 1.49. The van der Waals surface area contributed by atoms with Crippen molar-refractivity contribution in [1.82, 2.24) is 9.80 Å². The van der Waals surface area contributed by atoms with E-state index in [1.165, 1.54) is 16.8 Å². The summed E-state index contributed by atoms with van der Waals surface area (Å²) in [5, 5.41) is 11.0. The predicted octanol–water partition coefficient (Wildman–Crippen LogP) is 1.27. The van der Waals surface area contributed by atoms with Gasteiger partial charge in [-0.15, -0.1) is 0 Å². The van der Waals surface area contributed by atoms with Gasteiger partial charge in [-0.2, -0.15) is 0 Å². The van der Waals surface area contributed by atoms with E-state index in [1.54, 1.807) is 0 Å². The predicted molar refractivity (Wildman–Crippen MR) is 80.6 cm³/mol. The Morgan fingerprint density at radius 3 is 2.67 bits per heavy atom. The Bertz CT molecular complexity index is 580. The molecule has 1 aromatic rings. The van der Waals surface area contributed by atoms with Crippen LogP contribution in [0.25, 0.3) is 0 Å². The number of hydrogen-bond donors (Lipinski definition) is 1. The highest BCUT2D eigenvalue weighted by atomic mass is 79.9. The quantitative estimate of drug-likeness (QED) is 0.815. The lowest BCUT2D eigenvalue weighted by molar-refractivity contribution is -0.193. The molecule has 2 saturated heterocycles. The van der Waals surface area contributed by atoms with Crippen LogP contribution in [0.2, 0.25) is 0 Å². The molecule has 2 aliphatic rings. The van der Waals surface area contributed by atoms with E-state index in [-0.39, 0.29) is 5.91 Å². The van der Waals surface area contributed by atoms with Gasteiger partial charge in [-0.1, -0.05) is 46.3 Å². The molecule has 0 aliphatic carbocycles. The molecule has 0 radical (unpaired) electrons. The number of piperazine rings is 1. The van der Waals surface area contributed by atoms with E-state index in [0.29, 0.717) is 13.0 Å². The van der Waals surface area contributed by atoms with Gasteiger partial charge in [-0.05, 0) is 18.4 Å². The third kappa shape index (κ3) is 2.00. The third-order valence-electron chi connectivity index (χ3n) is 4.40. The maximum absolute atomic E-state index is 12.8. The molecule has 21 heavy (non-hydrogen) atoms. The fourth-order valence-electron chi connectivity index (χ4n) is 3.15. The zero-order valence-corrected chi connectivity index (χ0v) is 13.3. The molecule has 1 aromatic carbocycles. The SMILES string of the molecule is CN1C(=O)[C@@H]2CCCN2C(=O)C1(O)C(Br)c1ccccc1. The van der Waals surface area contributed by atoms with Crippen LogP contribution in [0, 0.1) is 0 Å². The smallest absolute Gasteiger partial charge is 0.278 e. The van der Waals surface area contributed by atoms with E-state index in [1.807, 2.05) is 30.3 Å². The highest BCUT2D eigenvalue weighted by Gasteiger charge is 2.58. The molecule has 2 fully saturated rings. The molecule has 2 aliphatic heterocycles. The fraction of sp³-hybridized carbons (Fsp3) is 0.467. The van der Waals surface area contributed by atoms with Gasteiger partial charge >= 0.3 is 0 Å². The summed E-state index contributed by atoms with van der Waals surface area (Å²) in [4.78, 5) is 27.2. The van der Waals surface area contributed by atoms with Gasteiger partial charge in [0.05, 0.1) is 4.83 Å². The van der Waals surface area contributed by atoms with Crippen LogP contribution in [0.1, 0.15) is 23.2 Å². The van der Waals surface area contributed by atoms with Crippen molar-refractivity contribution in [3.05, 3.63) is 35.9 Å². The Morgan fingerprint density at radius 1 is 1.33 bits per heavy atom. The van der Waals surface area contributed by atoms with Crippen molar-refractivity contribution in [3.63, 3.8) is 0 Å². The van der Waals surface area contributed by atoms with E-state index in [9.17, 15) is 14.7 Å². The van der Waals surface area contributed by atoms with Gasteiger partial charge < -0.3 is 14.9 Å². The van der Waals surface area contributed by atoms with Gasteiger partial charge in [0.2, 0.25) is 11.6 Å². The lowest BCUT2D eigenvalue weighted by Gasteiger charge is -2.47. The maximum atomic E-state index is 12.8. The zero-order chi connectivity index (χ0) is 15.2. The van der Waals surface area contributed by atoms with Crippen LogP contribution in [0.5, 0.6) is 0 Å². The zero-order valence-electron chi connectivity index (χ0n) is 11.7. The molecule has 3 atom stereocenters. The molecule has 2 heterocycles. The maximum Gasteiger partial charge on any atom is 0.278 e. The van der Waals surface area contributed by atoms with Crippen LogP contribution in [0.4, 0.5) is 0 Å². The number of halogens is 1. The van der Waals surface area contributed by atoms with Crippen molar-refractivity contribution in [2.45, 2.75) is 29.4 Å². The van der Waals surface area contributed by atoms with Crippen LogP contribution in [-0.2, 0) is 9.59 Å². The molecule has 2 amide bonds. The summed E-state index contributed by atoms with van der Waals surface area (Å²) in [6, 6.07) is 8.75. The third-order valence-corrected chi connectivity index (χ3v) is 5.57. The van der Waals surface area contributed by atoms with E-state index in [2.05, 4.69) is 15.9 Å². The molecule has 6 heteroatoms. The van der Waals surface area contributed by atoms with Crippen molar-refractivity contribution in [2.75, 3.05) is 13.6 Å². The van der Waals surface area contributed by atoms with Crippen molar-refractivity contribution in [2.24, 2.45) is 0 Å². The molecular formula is C15H17BrN2O3. The van der Waals surface area contributed by atoms with Crippen LogP contribution in [0.15, 0.2) is 30.3 Å². The summed E-state index contributed by atoms with van der Waals surface area (Å²) < 4.78 is 0. The first-order chi connectivity index (χ1) is 9.98. The van der Waals surface area contributed by atoms with Gasteiger partial charge in [0.15, 0.2) is 0 Å². The molecule has 3 rings (SSSR count). The number of aliphatic hydroxyl groups is 1. The topological polar surface area (TPSA) is 60.9 Å². The Labute approximate surface area is 131 Å². The number of hydrogen-bond acceptors (Lipinski definition) is 3. The number of amides is 2. The minimum Gasteiger partial charge on any atom is -0.362 e. The molecule has 0 spiro atoms. The van der Waals surface area contributed by atoms with E-state index in [4.69, 9.17) is 0 Å². The molecule has 1 N–H and O–H groups in total. The Kier molecular flexibility index (Phi) is 3.53. The molecule has 112 valence electrons. The largest absolute Gasteiger partial charge is 0.362 e. The standard InChI is InChI=1S/C15H17BrN2O3/c1-17-13(19)11-8-5-9-18(11)14(20)15(17,21)12(16)10-6-3-2-4-7-10/h2-4,6-7,11-12,21H,5,8-9H2,1H3/t11-,12?,15?/m0/s1. The molecule has 5 nitrogen and oxygen atoms in total. The highest BCUT2D eigenvalue weighted by molar-refractivity contribution is 9.09. The summed E-state index contributed by atoms with van der Waals surface area (Å²) in [6.07, 6.45) is 1.47. The number of rotatable bonds is 2. The van der Waals surface area contributed by atoms with Crippen molar-refractivity contribution in [1.29, 1.82) is 0 Å². The summed E-state index contributed by atoms with van der Waals surface area (Å²) in [6.45, 7) is 0.528. The second kappa shape index (κ2) is 5.10. The van der Waals surface area contributed by atoms with E-state index in [0.717, 1.165) is 12.0 Å². The summed E-state index contributed by atoms with van der Waals surface area (Å²) >= 11 is 3.42. The van der Waals surface area contributed by atoms with Gasteiger partial charge in [0.1, 0.15) is 6.04 Å². The van der Waals surface area contributed by atoms with Crippen LogP contribution >= 0.6 is 15.9 Å². The Balaban J connectivity index is 2.02. The van der Waals surface area contributed by atoms with Crippen molar-refractivity contribution in [3.8, 4) is 0 Å². The lowest BCUT2D eigenvalue weighted by Crippen LogP contribution is -2.70. The van der Waals surface area contributed by atoms with Crippen LogP contribution in [0.3, 0.4) is 0 Å². The minimum atomic E-state index is -1.89. The monoisotopic (exact) mass is 352 g/mol. The molecule has 0 saturated carbocycles. The van der Waals surface area contributed by atoms with Gasteiger partial charge in [0, 0.05) is 13.6 Å². The lowest BCUT2D eigenvalue weighted by atomic mass is 9.95. The molecule has 0 aromatic heterocycles. The van der Waals surface area contributed by atoms with Crippen LogP contribution < -0.4 is 0 Å². The molecule has 0 bridgehead atoms. The van der Waals surface area contributed by atoms with Gasteiger partial charge in [-0.3, -0.25) is 9.59 Å². The average Bonchev–Trinajstić information content (AvgIpc) is 3.00. The first-order valence-electron chi connectivity index (χ1n) is 6.98. The highest BCUT2D eigenvalue weighted by Crippen LogP contribution is 2.42. The molecule has 2 unspecified atom stereocenters. The Morgan fingerprint density at radius 2 is 2.00 bits per heavy atom. The first kappa shape index (κ1) is 14.5. The van der Waals surface area contributed by atoms with Crippen LogP contribution in [-0.4, -0.2) is 52.1 Å². The summed E-state index contributed by atoms with van der Waals surface area (Å²) in [5.41, 5.74) is -1.13. The number of likely N-dealkylation sites (N-methyl/N-ethyl adjacent to an activating group) is 1. The average molecular weight is 353 g/mol. The van der Waals surface area contributed by atoms with Gasteiger partial charge in [-0.25, -0.2) is 0 Å². The fourth-order valence-corrected chi connectivity index (χ4v) is 3.95. The minimum absolute atomic E-state index is 0.199. The number of fused-ring (bicyclic) bond motifs is 1. The normalized spacial score (nSPS) is 30.5. The van der Waals surface area contributed by atoms with E-state index >= 15 is 0 Å². The van der Waals surface area contributed by atoms with Crippen molar-refractivity contribution >= 4 is 27.7 Å². The number of nitrogens with zero attached hydrogens (tertiary/aromatic N) is 2. The van der Waals surface area contributed by atoms with E-state index < -0.39 is 22.5 Å². The number of carbonyl (C=O) groups excluding carboxylic acids is 2. The Hall–Kier alpha value is -1.40. The second-order valence-electron chi connectivity index (χ2n) is 5.55. The number of carbonyl (C=O) groups is 2. The van der Waals surface area contributed by atoms with Crippen molar-refractivity contribution < 1.29 is 14.7 Å². The molecular weight excluding hydrogens is 336 g/mol. The second-order valence-corrected chi connectivity index (χ2v) is 6.47. The summed E-state index contributed by atoms with van der Waals surface area (Å²) in [5.74, 6) is -0.604. The number of alkyl halides is 1. The van der Waals surface area contributed by atoms with Gasteiger partial charge in [0.25, 0.3) is 5.91 Å². The first-order valence-corrected chi connectivity index (χ1v) is 7.89.